The summed E-state index contributed by atoms with van der Waals surface area (Å²) in [6, 6.07) is 5.66. The van der Waals surface area contributed by atoms with Crippen molar-refractivity contribution in [2.75, 3.05) is 17.2 Å². The highest BCUT2D eigenvalue weighted by Crippen LogP contribution is 2.34. The normalized spacial score (nSPS) is 16.4. The fourth-order valence-corrected chi connectivity index (χ4v) is 2.60. The summed E-state index contributed by atoms with van der Waals surface area (Å²) < 4.78 is 0. The molecular formula is C13H19N3O. The number of hydrogen-bond acceptors (Lipinski definition) is 3. The lowest BCUT2D eigenvalue weighted by atomic mass is 9.98. The van der Waals surface area contributed by atoms with Gasteiger partial charge in [-0.05, 0) is 30.9 Å². The summed E-state index contributed by atoms with van der Waals surface area (Å²) >= 11 is 0. The average Bonchev–Trinajstić information content (AvgIpc) is 2.30. The Bertz CT molecular complexity index is 431. The van der Waals surface area contributed by atoms with Crippen LogP contribution in [0, 0.1) is 0 Å². The van der Waals surface area contributed by atoms with Crippen LogP contribution in [0.3, 0.4) is 0 Å². The van der Waals surface area contributed by atoms with Crippen molar-refractivity contribution >= 4 is 17.3 Å². The van der Waals surface area contributed by atoms with E-state index in [2.05, 4.69) is 11.0 Å². The molecule has 1 amide bonds. The first-order valence-electron chi connectivity index (χ1n) is 6.08. The summed E-state index contributed by atoms with van der Waals surface area (Å²) in [5.74, 6) is -0.274. The van der Waals surface area contributed by atoms with E-state index >= 15 is 0 Å². The van der Waals surface area contributed by atoms with E-state index in [4.69, 9.17) is 11.5 Å². The van der Waals surface area contributed by atoms with Crippen LogP contribution in [0.15, 0.2) is 18.2 Å². The maximum Gasteiger partial charge on any atom is 0.240 e. The van der Waals surface area contributed by atoms with E-state index in [1.54, 1.807) is 0 Å². The van der Waals surface area contributed by atoms with Crippen LogP contribution < -0.4 is 16.4 Å². The zero-order valence-electron chi connectivity index (χ0n) is 10.1. The van der Waals surface area contributed by atoms with E-state index < -0.39 is 0 Å². The van der Waals surface area contributed by atoms with Crippen LogP contribution in [0.1, 0.15) is 25.3 Å². The fourth-order valence-electron chi connectivity index (χ4n) is 2.60. The number of carbonyl (C=O) groups excluding carboxylic acids is 1. The number of primary amides is 1. The van der Waals surface area contributed by atoms with Crippen molar-refractivity contribution in [3.8, 4) is 0 Å². The molecule has 17 heavy (non-hydrogen) atoms. The van der Waals surface area contributed by atoms with Gasteiger partial charge in [0.05, 0.1) is 11.4 Å². The number of para-hydroxylation sites is 1. The van der Waals surface area contributed by atoms with Gasteiger partial charge in [-0.2, -0.15) is 0 Å². The highest BCUT2D eigenvalue weighted by molar-refractivity contribution is 5.86. The van der Waals surface area contributed by atoms with Crippen molar-refractivity contribution in [2.45, 2.75) is 32.2 Å². The third-order valence-electron chi connectivity index (χ3n) is 3.37. The molecule has 1 atom stereocenters. The van der Waals surface area contributed by atoms with E-state index in [1.165, 1.54) is 5.56 Å². The lowest BCUT2D eigenvalue weighted by molar-refractivity contribution is -0.119. The molecular weight excluding hydrogens is 214 g/mol. The van der Waals surface area contributed by atoms with Gasteiger partial charge in [-0.1, -0.05) is 19.1 Å². The summed E-state index contributed by atoms with van der Waals surface area (Å²) in [5, 5.41) is 0. The molecule has 0 fully saturated rings. The third kappa shape index (κ3) is 2.07. The summed E-state index contributed by atoms with van der Waals surface area (Å²) in [7, 11) is 0. The molecule has 1 unspecified atom stereocenters. The van der Waals surface area contributed by atoms with Crippen molar-refractivity contribution in [1.82, 2.24) is 0 Å². The number of nitrogen functional groups attached to an aromatic ring is 1. The summed E-state index contributed by atoms with van der Waals surface area (Å²) in [4.78, 5) is 13.6. The van der Waals surface area contributed by atoms with Crippen LogP contribution >= 0.6 is 0 Å². The number of anilines is 2. The second-order valence-electron chi connectivity index (χ2n) is 4.48. The van der Waals surface area contributed by atoms with Gasteiger partial charge >= 0.3 is 0 Å². The first-order chi connectivity index (χ1) is 8.15. The topological polar surface area (TPSA) is 72.4 Å². The van der Waals surface area contributed by atoms with E-state index in [0.717, 1.165) is 30.8 Å². The van der Waals surface area contributed by atoms with E-state index in [9.17, 15) is 4.79 Å². The molecule has 0 bridgehead atoms. The molecule has 1 aromatic carbocycles. The number of carbonyl (C=O) groups is 1. The number of aryl methyl sites for hydroxylation is 1. The van der Waals surface area contributed by atoms with E-state index in [-0.39, 0.29) is 11.9 Å². The number of fused-ring (bicyclic) bond motifs is 1. The van der Waals surface area contributed by atoms with Crippen LogP contribution in [-0.4, -0.2) is 18.5 Å². The molecule has 0 spiro atoms. The minimum Gasteiger partial charge on any atom is -0.397 e. The zero-order valence-corrected chi connectivity index (χ0v) is 10.1. The van der Waals surface area contributed by atoms with Gasteiger partial charge in [0.2, 0.25) is 5.91 Å². The molecule has 0 saturated heterocycles. The first kappa shape index (κ1) is 11.8. The maximum atomic E-state index is 11.5. The Balaban J connectivity index is 2.43. The standard InChI is InChI=1S/C13H19N3O/c1-2-11(13(15)17)16-8-4-6-9-5-3-7-10(14)12(9)16/h3,5,7,11H,2,4,6,8,14H2,1H3,(H2,15,17). The van der Waals surface area contributed by atoms with Gasteiger partial charge in [-0.3, -0.25) is 4.79 Å². The van der Waals surface area contributed by atoms with Gasteiger partial charge in [0.1, 0.15) is 6.04 Å². The number of nitrogens with zero attached hydrogens (tertiary/aromatic N) is 1. The van der Waals surface area contributed by atoms with Gasteiger partial charge in [0.15, 0.2) is 0 Å². The minimum absolute atomic E-state index is 0.251. The molecule has 0 radical (unpaired) electrons. The smallest absolute Gasteiger partial charge is 0.240 e. The zero-order chi connectivity index (χ0) is 12.4. The Labute approximate surface area is 102 Å². The molecule has 4 heteroatoms. The fraction of sp³-hybridized carbons (Fsp3) is 0.462. The number of hydrogen-bond donors (Lipinski definition) is 2. The van der Waals surface area contributed by atoms with Crippen molar-refractivity contribution in [2.24, 2.45) is 5.73 Å². The Hall–Kier alpha value is -1.71. The van der Waals surface area contributed by atoms with Gasteiger partial charge in [-0.15, -0.1) is 0 Å². The van der Waals surface area contributed by atoms with Gasteiger partial charge < -0.3 is 16.4 Å². The second-order valence-corrected chi connectivity index (χ2v) is 4.48. The summed E-state index contributed by atoms with van der Waals surface area (Å²) in [6.07, 6.45) is 2.77. The van der Waals surface area contributed by atoms with Crippen molar-refractivity contribution in [1.29, 1.82) is 0 Å². The molecule has 0 aromatic heterocycles. The summed E-state index contributed by atoms with van der Waals surface area (Å²) in [6.45, 7) is 2.82. The highest BCUT2D eigenvalue weighted by atomic mass is 16.1. The molecule has 4 N–H and O–H groups in total. The van der Waals surface area contributed by atoms with Crippen LogP contribution in [0.5, 0.6) is 0 Å². The monoisotopic (exact) mass is 233 g/mol. The average molecular weight is 233 g/mol. The minimum atomic E-state index is -0.274. The SMILES string of the molecule is CCC(C(N)=O)N1CCCc2cccc(N)c21. The van der Waals surface area contributed by atoms with Crippen molar-refractivity contribution < 1.29 is 4.79 Å². The molecule has 92 valence electrons. The van der Waals surface area contributed by atoms with Crippen LogP contribution in [-0.2, 0) is 11.2 Å². The molecule has 1 aliphatic rings. The molecule has 2 rings (SSSR count). The van der Waals surface area contributed by atoms with Crippen LogP contribution in [0.25, 0.3) is 0 Å². The van der Waals surface area contributed by atoms with Gasteiger partial charge in [0.25, 0.3) is 0 Å². The highest BCUT2D eigenvalue weighted by Gasteiger charge is 2.27. The number of benzene rings is 1. The molecule has 0 aliphatic carbocycles. The largest absolute Gasteiger partial charge is 0.397 e. The predicted octanol–water partition coefficient (Wildman–Crippen LogP) is 1.29. The van der Waals surface area contributed by atoms with Crippen molar-refractivity contribution in [3.05, 3.63) is 23.8 Å². The lowest BCUT2D eigenvalue weighted by Crippen LogP contribution is -2.47. The third-order valence-corrected chi connectivity index (χ3v) is 3.37. The van der Waals surface area contributed by atoms with Crippen molar-refractivity contribution in [3.63, 3.8) is 0 Å². The van der Waals surface area contributed by atoms with Crippen LogP contribution in [0.4, 0.5) is 11.4 Å². The maximum absolute atomic E-state index is 11.5. The molecule has 4 nitrogen and oxygen atoms in total. The predicted molar refractivity (Wildman–Crippen MR) is 69.8 cm³/mol. The quantitative estimate of drug-likeness (QED) is 0.773. The van der Waals surface area contributed by atoms with E-state index in [0.29, 0.717) is 6.42 Å². The number of amides is 1. The lowest BCUT2D eigenvalue weighted by Gasteiger charge is -2.36. The van der Waals surface area contributed by atoms with E-state index in [1.807, 2.05) is 19.1 Å². The van der Waals surface area contributed by atoms with Crippen LogP contribution in [0.2, 0.25) is 0 Å². The molecule has 0 saturated carbocycles. The number of rotatable bonds is 3. The Morgan fingerprint density at radius 2 is 2.29 bits per heavy atom. The Morgan fingerprint density at radius 3 is 2.94 bits per heavy atom. The Kier molecular flexibility index (Phi) is 3.22. The molecule has 1 aromatic rings. The number of nitrogens with two attached hydrogens (primary N) is 2. The summed E-state index contributed by atoms with van der Waals surface area (Å²) in [5.41, 5.74) is 14.5. The second kappa shape index (κ2) is 4.65. The Morgan fingerprint density at radius 1 is 1.53 bits per heavy atom. The molecule has 1 aliphatic heterocycles. The molecule has 1 heterocycles. The van der Waals surface area contributed by atoms with Gasteiger partial charge in [0, 0.05) is 6.54 Å². The first-order valence-corrected chi connectivity index (χ1v) is 6.08. The van der Waals surface area contributed by atoms with Gasteiger partial charge in [-0.25, -0.2) is 0 Å².